The van der Waals surface area contributed by atoms with Crippen molar-refractivity contribution in [3.63, 3.8) is 0 Å². The van der Waals surface area contributed by atoms with Crippen LogP contribution in [0.15, 0.2) is 18.2 Å². The average molecular weight is 329 g/mol. The summed E-state index contributed by atoms with van der Waals surface area (Å²) in [6, 6.07) is 5.61. The number of hydrogen-bond donors (Lipinski definition) is 0. The topological polar surface area (TPSA) is 62.3 Å². The van der Waals surface area contributed by atoms with Crippen molar-refractivity contribution >= 4 is 15.9 Å². The fraction of sp³-hybridized carbons (Fsp3) is 0.571. The molecule has 0 aliphatic carbocycles. The van der Waals surface area contributed by atoms with Crippen LogP contribution in [0.3, 0.4) is 0 Å². The van der Waals surface area contributed by atoms with Crippen LogP contribution in [0.25, 0.3) is 0 Å². The average Bonchev–Trinajstić information content (AvgIpc) is 2.54. The second-order valence-electron chi connectivity index (χ2n) is 5.21. The van der Waals surface area contributed by atoms with Crippen LogP contribution in [-0.2, 0) is 10.2 Å². The summed E-state index contributed by atoms with van der Waals surface area (Å²) >= 11 is 0. The Balaban J connectivity index is 2.15. The molecule has 0 saturated carbocycles. The number of benzene rings is 1. The molecule has 0 amide bonds. The van der Waals surface area contributed by atoms with E-state index < -0.39 is 10.2 Å². The van der Waals surface area contributed by atoms with E-state index in [9.17, 15) is 8.42 Å². The zero-order chi connectivity index (χ0) is 16.3. The van der Waals surface area contributed by atoms with Crippen LogP contribution in [0.2, 0.25) is 0 Å². The Bertz CT molecular complexity index is 611. The third kappa shape index (κ3) is 3.29. The normalized spacial score (nSPS) is 16.9. The maximum atomic E-state index is 12.1. The molecule has 7 nitrogen and oxygen atoms in total. The first-order chi connectivity index (χ1) is 10.4. The van der Waals surface area contributed by atoms with E-state index in [1.54, 1.807) is 28.3 Å². The SMILES string of the molecule is COc1ccc(OC)c(N2CCN(S(=O)(=O)N(C)C)CC2)c1. The highest BCUT2D eigenvalue weighted by Crippen LogP contribution is 2.33. The highest BCUT2D eigenvalue weighted by Gasteiger charge is 2.29. The maximum absolute atomic E-state index is 12.1. The number of ether oxygens (including phenoxy) is 2. The van der Waals surface area contributed by atoms with Crippen molar-refractivity contribution in [2.24, 2.45) is 0 Å². The fourth-order valence-corrected chi connectivity index (χ4v) is 3.52. The quantitative estimate of drug-likeness (QED) is 0.793. The first kappa shape index (κ1) is 16.9. The molecule has 0 N–H and O–H groups in total. The molecule has 1 aromatic carbocycles. The zero-order valence-corrected chi connectivity index (χ0v) is 14.3. The van der Waals surface area contributed by atoms with Crippen molar-refractivity contribution in [3.05, 3.63) is 18.2 Å². The van der Waals surface area contributed by atoms with Gasteiger partial charge in [0.15, 0.2) is 0 Å². The number of nitrogens with zero attached hydrogens (tertiary/aromatic N) is 3. The van der Waals surface area contributed by atoms with Crippen LogP contribution in [-0.4, -0.2) is 71.5 Å². The molecule has 1 saturated heterocycles. The van der Waals surface area contributed by atoms with Gasteiger partial charge in [-0.15, -0.1) is 0 Å². The molecule has 1 aliphatic heterocycles. The molecule has 0 bridgehead atoms. The van der Waals surface area contributed by atoms with Crippen molar-refractivity contribution < 1.29 is 17.9 Å². The van der Waals surface area contributed by atoms with Gasteiger partial charge in [-0.05, 0) is 12.1 Å². The van der Waals surface area contributed by atoms with Crippen LogP contribution in [0, 0.1) is 0 Å². The number of piperazine rings is 1. The van der Waals surface area contributed by atoms with Crippen LogP contribution >= 0.6 is 0 Å². The minimum atomic E-state index is -3.35. The van der Waals surface area contributed by atoms with Gasteiger partial charge in [0.1, 0.15) is 11.5 Å². The summed E-state index contributed by atoms with van der Waals surface area (Å²) in [6.45, 7) is 2.11. The van der Waals surface area contributed by atoms with E-state index in [2.05, 4.69) is 4.90 Å². The Kier molecular flexibility index (Phi) is 5.15. The zero-order valence-electron chi connectivity index (χ0n) is 13.4. The van der Waals surface area contributed by atoms with E-state index in [1.807, 2.05) is 18.2 Å². The van der Waals surface area contributed by atoms with Crippen molar-refractivity contribution in [3.8, 4) is 11.5 Å². The molecular formula is C14H23N3O4S. The Hall–Kier alpha value is -1.51. The number of anilines is 1. The predicted molar refractivity (Wildman–Crippen MR) is 85.9 cm³/mol. The maximum Gasteiger partial charge on any atom is 0.281 e. The molecule has 0 spiro atoms. The summed E-state index contributed by atoms with van der Waals surface area (Å²) in [5.74, 6) is 1.50. The second kappa shape index (κ2) is 6.72. The highest BCUT2D eigenvalue weighted by atomic mass is 32.2. The Morgan fingerprint density at radius 2 is 1.68 bits per heavy atom. The molecule has 1 aliphatic rings. The lowest BCUT2D eigenvalue weighted by Crippen LogP contribution is -2.51. The van der Waals surface area contributed by atoms with Gasteiger partial charge in [-0.2, -0.15) is 17.0 Å². The number of methoxy groups -OCH3 is 2. The summed E-state index contributed by atoms with van der Waals surface area (Å²) < 4.78 is 37.7. The number of hydrogen-bond acceptors (Lipinski definition) is 5. The van der Waals surface area contributed by atoms with Crippen LogP contribution in [0.5, 0.6) is 11.5 Å². The third-order valence-corrected chi connectivity index (χ3v) is 5.69. The fourth-order valence-electron chi connectivity index (χ4n) is 2.43. The van der Waals surface area contributed by atoms with E-state index in [0.29, 0.717) is 26.2 Å². The lowest BCUT2D eigenvalue weighted by atomic mass is 10.2. The molecule has 0 unspecified atom stereocenters. The summed E-state index contributed by atoms with van der Waals surface area (Å²) in [6.07, 6.45) is 0. The summed E-state index contributed by atoms with van der Waals surface area (Å²) in [7, 11) is 2.99. The molecule has 0 radical (unpaired) electrons. The molecule has 22 heavy (non-hydrogen) atoms. The van der Waals surface area contributed by atoms with Crippen molar-refractivity contribution in [2.45, 2.75) is 0 Å². The smallest absolute Gasteiger partial charge is 0.281 e. The van der Waals surface area contributed by atoms with Crippen LogP contribution < -0.4 is 14.4 Å². The van der Waals surface area contributed by atoms with E-state index in [4.69, 9.17) is 9.47 Å². The van der Waals surface area contributed by atoms with Crippen molar-refractivity contribution in [1.29, 1.82) is 0 Å². The summed E-state index contributed by atoms with van der Waals surface area (Å²) in [4.78, 5) is 2.11. The molecule has 1 aromatic rings. The van der Waals surface area contributed by atoms with E-state index in [0.717, 1.165) is 17.2 Å². The van der Waals surface area contributed by atoms with Gasteiger partial charge in [0.25, 0.3) is 10.2 Å². The van der Waals surface area contributed by atoms with Crippen LogP contribution in [0.1, 0.15) is 0 Å². The first-order valence-electron chi connectivity index (χ1n) is 7.04. The molecule has 1 fully saturated rings. The third-order valence-electron chi connectivity index (χ3n) is 3.75. The lowest BCUT2D eigenvalue weighted by molar-refractivity contribution is 0.352. The summed E-state index contributed by atoms with van der Waals surface area (Å²) in [5.41, 5.74) is 0.920. The largest absolute Gasteiger partial charge is 0.497 e. The molecule has 8 heteroatoms. The van der Waals surface area contributed by atoms with Gasteiger partial charge < -0.3 is 14.4 Å². The standard InChI is InChI=1S/C14H23N3O4S/c1-15(2)22(18,19)17-9-7-16(8-10-17)13-11-12(20-3)5-6-14(13)21-4/h5-6,11H,7-10H2,1-4H3. The Morgan fingerprint density at radius 3 is 2.18 bits per heavy atom. The molecule has 1 heterocycles. The van der Waals surface area contributed by atoms with Gasteiger partial charge in [-0.25, -0.2) is 0 Å². The van der Waals surface area contributed by atoms with Gasteiger partial charge >= 0.3 is 0 Å². The van der Waals surface area contributed by atoms with Gasteiger partial charge in [0.05, 0.1) is 19.9 Å². The summed E-state index contributed by atoms with van der Waals surface area (Å²) in [5, 5.41) is 0. The highest BCUT2D eigenvalue weighted by molar-refractivity contribution is 7.86. The molecule has 0 aromatic heterocycles. The molecule has 2 rings (SSSR count). The van der Waals surface area contributed by atoms with E-state index in [-0.39, 0.29) is 0 Å². The number of rotatable bonds is 5. The monoisotopic (exact) mass is 329 g/mol. The second-order valence-corrected chi connectivity index (χ2v) is 7.36. The lowest BCUT2D eigenvalue weighted by Gasteiger charge is -2.36. The van der Waals surface area contributed by atoms with Gasteiger partial charge in [0.2, 0.25) is 0 Å². The molecule has 0 atom stereocenters. The minimum absolute atomic E-state index is 0.445. The van der Waals surface area contributed by atoms with Gasteiger partial charge in [-0.1, -0.05) is 0 Å². The van der Waals surface area contributed by atoms with E-state index >= 15 is 0 Å². The Labute approximate surface area is 132 Å². The minimum Gasteiger partial charge on any atom is -0.497 e. The van der Waals surface area contributed by atoms with Gasteiger partial charge in [0, 0.05) is 46.3 Å². The first-order valence-corrected chi connectivity index (χ1v) is 8.44. The molecule has 124 valence electrons. The van der Waals surface area contributed by atoms with Gasteiger partial charge in [-0.3, -0.25) is 0 Å². The predicted octanol–water partition coefficient (Wildman–Crippen LogP) is 0.632. The van der Waals surface area contributed by atoms with Crippen molar-refractivity contribution in [1.82, 2.24) is 8.61 Å². The van der Waals surface area contributed by atoms with E-state index in [1.165, 1.54) is 8.61 Å². The Morgan fingerprint density at radius 1 is 1.05 bits per heavy atom. The van der Waals surface area contributed by atoms with Crippen LogP contribution in [0.4, 0.5) is 5.69 Å². The molecular weight excluding hydrogens is 306 g/mol. The van der Waals surface area contributed by atoms with Crippen molar-refractivity contribution in [2.75, 3.05) is 59.4 Å².